The van der Waals surface area contributed by atoms with E-state index in [1.165, 1.54) is 24.3 Å². The average molecular weight is 506 g/mol. The number of H-pyrrole nitrogens is 1. The molecule has 6 nitrogen and oxygen atoms in total. The summed E-state index contributed by atoms with van der Waals surface area (Å²) in [5, 5.41) is 5.65. The van der Waals surface area contributed by atoms with Gasteiger partial charge in [0.1, 0.15) is 0 Å². The third kappa shape index (κ3) is 5.60. The van der Waals surface area contributed by atoms with Crippen LogP contribution in [0.3, 0.4) is 0 Å². The van der Waals surface area contributed by atoms with Gasteiger partial charge in [-0.3, -0.25) is 14.7 Å². The number of para-hydroxylation sites is 1. The summed E-state index contributed by atoms with van der Waals surface area (Å²) < 4.78 is 0. The van der Waals surface area contributed by atoms with Crippen LogP contribution in [0.4, 0.5) is 0 Å². The van der Waals surface area contributed by atoms with Crippen LogP contribution in [-0.2, 0) is 4.79 Å². The highest BCUT2D eigenvalue weighted by Crippen LogP contribution is 2.28. The number of fused-ring (bicyclic) bond motifs is 1. The summed E-state index contributed by atoms with van der Waals surface area (Å²) in [5.41, 5.74) is 4.37. The summed E-state index contributed by atoms with van der Waals surface area (Å²) >= 11 is 6.80. The first-order valence-electron chi connectivity index (χ1n) is 13.2. The molecular weight excluding hydrogens is 470 g/mol. The van der Waals surface area contributed by atoms with Crippen LogP contribution < -0.4 is 5.32 Å². The molecule has 3 aliphatic rings. The fraction of sp³-hybridized carbons (Fsp3) is 0.448. The van der Waals surface area contributed by atoms with Crippen molar-refractivity contribution in [3.8, 4) is 0 Å². The van der Waals surface area contributed by atoms with Crippen molar-refractivity contribution >= 4 is 34.1 Å². The van der Waals surface area contributed by atoms with Gasteiger partial charge in [0, 0.05) is 72.8 Å². The second kappa shape index (κ2) is 11.5. The van der Waals surface area contributed by atoms with Gasteiger partial charge in [0.25, 0.3) is 0 Å². The molecule has 0 bridgehead atoms. The van der Waals surface area contributed by atoms with E-state index in [4.69, 9.17) is 16.6 Å². The minimum absolute atomic E-state index is 0.0434. The molecule has 7 heteroatoms. The molecule has 1 aromatic carbocycles. The molecule has 1 aromatic heterocycles. The molecule has 1 saturated heterocycles. The van der Waals surface area contributed by atoms with Crippen LogP contribution >= 0.6 is 11.6 Å². The molecule has 5 rings (SSSR count). The molecule has 190 valence electrons. The van der Waals surface area contributed by atoms with E-state index in [0.29, 0.717) is 17.1 Å². The largest absolute Gasteiger partial charge is 0.381 e. The topological polar surface area (TPSA) is 63.7 Å². The van der Waals surface area contributed by atoms with Crippen molar-refractivity contribution in [1.29, 1.82) is 0 Å². The van der Waals surface area contributed by atoms with Gasteiger partial charge in [-0.05, 0) is 57.1 Å². The van der Waals surface area contributed by atoms with Crippen LogP contribution in [0.2, 0.25) is 0 Å². The molecule has 3 heterocycles. The molecular formula is C29H36ClN5O. The number of hydrogen-bond donors (Lipinski definition) is 2. The lowest BCUT2D eigenvalue weighted by molar-refractivity contribution is -0.128. The number of benzene rings is 1. The molecule has 0 unspecified atom stereocenters. The summed E-state index contributed by atoms with van der Waals surface area (Å²) in [5.74, 6) is 0.0434. The van der Waals surface area contributed by atoms with Crippen LogP contribution in [0.25, 0.3) is 10.9 Å². The summed E-state index contributed by atoms with van der Waals surface area (Å²) in [6.07, 6.45) is 15.1. The van der Waals surface area contributed by atoms with Gasteiger partial charge in [0.15, 0.2) is 0 Å². The molecule has 1 amide bonds. The van der Waals surface area contributed by atoms with Crippen LogP contribution in [-0.4, -0.2) is 64.7 Å². The number of allylic oxidation sites excluding steroid dienone is 2. The Morgan fingerprint density at radius 3 is 2.83 bits per heavy atom. The zero-order chi connectivity index (χ0) is 24.9. The number of hydrogen-bond acceptors (Lipinski definition) is 4. The van der Waals surface area contributed by atoms with Crippen LogP contribution in [0.1, 0.15) is 50.5 Å². The number of halogens is 1. The zero-order valence-electron chi connectivity index (χ0n) is 20.9. The quantitative estimate of drug-likeness (QED) is 0.539. The standard InChI is InChI=1S/C29H36ClN5O/c1-2-29(36)35-16-14-34(15-17-35)22-9-7-8-21(18-22)33-28-13-6-5-12-27(32-20-25(28)30)24-19-31-26-11-4-3-10-23(24)26/h2-4,10-11,13,19-22,31,33H,1,5-9,12,14-18H2/t21-,22+/m1/s1. The van der Waals surface area contributed by atoms with Crippen LogP contribution in [0, 0.1) is 0 Å². The van der Waals surface area contributed by atoms with Gasteiger partial charge in [0.05, 0.1) is 10.7 Å². The van der Waals surface area contributed by atoms with Gasteiger partial charge in [-0.15, -0.1) is 0 Å². The van der Waals surface area contributed by atoms with Crippen molar-refractivity contribution in [2.24, 2.45) is 4.99 Å². The normalized spacial score (nSPS) is 24.1. The van der Waals surface area contributed by atoms with E-state index in [1.54, 1.807) is 0 Å². The highest BCUT2D eigenvalue weighted by atomic mass is 35.5. The Morgan fingerprint density at radius 2 is 2.00 bits per heavy atom. The Kier molecular flexibility index (Phi) is 7.93. The first-order chi connectivity index (χ1) is 17.6. The fourth-order valence-electron chi connectivity index (χ4n) is 5.81. The maximum absolute atomic E-state index is 11.9. The van der Waals surface area contributed by atoms with Crippen molar-refractivity contribution in [2.75, 3.05) is 26.2 Å². The molecule has 2 aromatic rings. The SMILES string of the molecule is C=CC(=O)N1CCN([C@H]2CCC[C@@H](NC3=CCCCC(c4c[nH]c5ccccc45)=NC=C3Cl)C2)CC1. The molecule has 2 aliphatic heterocycles. The molecule has 0 radical (unpaired) electrons. The number of aromatic amines is 1. The summed E-state index contributed by atoms with van der Waals surface area (Å²) in [6.45, 7) is 7.07. The van der Waals surface area contributed by atoms with E-state index in [-0.39, 0.29) is 5.91 Å². The molecule has 2 fully saturated rings. The molecule has 36 heavy (non-hydrogen) atoms. The molecule has 2 atom stereocenters. The highest BCUT2D eigenvalue weighted by Gasteiger charge is 2.30. The lowest BCUT2D eigenvalue weighted by Gasteiger charge is -2.42. The van der Waals surface area contributed by atoms with Crippen molar-refractivity contribution in [1.82, 2.24) is 20.1 Å². The summed E-state index contributed by atoms with van der Waals surface area (Å²) in [6, 6.07) is 9.29. The number of carbonyl (C=O) groups is 1. The van der Waals surface area contributed by atoms with E-state index in [0.717, 1.165) is 80.8 Å². The molecule has 0 spiro atoms. The first-order valence-corrected chi connectivity index (χ1v) is 13.6. The third-order valence-electron chi connectivity index (χ3n) is 7.78. The van der Waals surface area contributed by atoms with E-state index in [9.17, 15) is 4.79 Å². The van der Waals surface area contributed by atoms with Gasteiger partial charge >= 0.3 is 0 Å². The van der Waals surface area contributed by atoms with Gasteiger partial charge in [0.2, 0.25) is 5.91 Å². The van der Waals surface area contributed by atoms with E-state index in [2.05, 4.69) is 52.3 Å². The Balaban J connectivity index is 1.24. The zero-order valence-corrected chi connectivity index (χ0v) is 21.6. The maximum atomic E-state index is 11.9. The number of aliphatic imine (C=N–C) groups is 1. The molecule has 1 aliphatic carbocycles. The highest BCUT2D eigenvalue weighted by molar-refractivity contribution is 6.32. The predicted molar refractivity (Wildman–Crippen MR) is 148 cm³/mol. The second-order valence-corrected chi connectivity index (χ2v) is 10.4. The van der Waals surface area contributed by atoms with Crippen LogP contribution in [0.5, 0.6) is 0 Å². The monoisotopic (exact) mass is 505 g/mol. The number of nitrogens with zero attached hydrogens (tertiary/aromatic N) is 3. The summed E-state index contributed by atoms with van der Waals surface area (Å²) in [7, 11) is 0. The Morgan fingerprint density at radius 1 is 1.17 bits per heavy atom. The Hall–Kier alpha value is -2.83. The van der Waals surface area contributed by atoms with Crippen molar-refractivity contribution in [3.05, 3.63) is 71.7 Å². The van der Waals surface area contributed by atoms with Crippen molar-refractivity contribution in [2.45, 2.75) is 57.0 Å². The van der Waals surface area contributed by atoms with Gasteiger partial charge in [-0.1, -0.05) is 42.5 Å². The Labute approximate surface area is 218 Å². The number of carbonyl (C=O) groups excluding carboxylic acids is 1. The number of nitrogens with one attached hydrogen (secondary N) is 2. The van der Waals surface area contributed by atoms with Gasteiger partial charge < -0.3 is 15.2 Å². The van der Waals surface area contributed by atoms with E-state index >= 15 is 0 Å². The predicted octanol–water partition coefficient (Wildman–Crippen LogP) is 5.34. The van der Waals surface area contributed by atoms with E-state index in [1.807, 2.05) is 17.2 Å². The lowest BCUT2D eigenvalue weighted by Crippen LogP contribution is -2.53. The third-order valence-corrected chi connectivity index (χ3v) is 8.08. The van der Waals surface area contributed by atoms with Crippen molar-refractivity contribution < 1.29 is 4.79 Å². The first kappa shape index (κ1) is 24.8. The van der Waals surface area contributed by atoms with Crippen molar-refractivity contribution in [3.63, 3.8) is 0 Å². The number of amides is 1. The van der Waals surface area contributed by atoms with E-state index < -0.39 is 0 Å². The summed E-state index contributed by atoms with van der Waals surface area (Å²) in [4.78, 5) is 24.6. The van der Waals surface area contributed by atoms with Crippen LogP contribution in [0.15, 0.2) is 71.1 Å². The Bertz CT molecular complexity index is 1190. The van der Waals surface area contributed by atoms with Gasteiger partial charge in [-0.2, -0.15) is 0 Å². The minimum atomic E-state index is 0.0434. The van der Waals surface area contributed by atoms with Gasteiger partial charge in [-0.25, -0.2) is 0 Å². The number of piperazine rings is 1. The smallest absolute Gasteiger partial charge is 0.246 e. The maximum Gasteiger partial charge on any atom is 0.246 e. The number of rotatable bonds is 5. The average Bonchev–Trinajstić information content (AvgIpc) is 3.38. The fourth-order valence-corrected chi connectivity index (χ4v) is 5.99. The molecule has 2 N–H and O–H groups in total. The number of aromatic nitrogens is 1. The second-order valence-electron chi connectivity index (χ2n) is 10.0. The lowest BCUT2D eigenvalue weighted by atomic mass is 9.89. The molecule has 1 saturated carbocycles. The minimum Gasteiger partial charge on any atom is -0.381 e.